The standard InChI is InChI=1S/C11H15NO/c13-10-5-3-4-9(8-10)11-6-1-2-7-12-11/h3-5,8,11-13H,1-2,6-7H2/t11-/m0/s1. The lowest BCUT2D eigenvalue weighted by molar-refractivity contribution is 0.409. The Morgan fingerprint density at radius 1 is 1.31 bits per heavy atom. The van der Waals surface area contributed by atoms with Crippen molar-refractivity contribution in [2.45, 2.75) is 25.3 Å². The fourth-order valence-corrected chi connectivity index (χ4v) is 1.88. The molecule has 1 saturated heterocycles. The second kappa shape index (κ2) is 3.79. The summed E-state index contributed by atoms with van der Waals surface area (Å²) in [5.74, 6) is 0.366. The molecular formula is C11H15NO. The van der Waals surface area contributed by atoms with Gasteiger partial charge in [0.1, 0.15) is 5.75 Å². The highest BCUT2D eigenvalue weighted by Gasteiger charge is 2.14. The average molecular weight is 177 g/mol. The lowest BCUT2D eigenvalue weighted by Gasteiger charge is -2.23. The monoisotopic (exact) mass is 177 g/mol. The Kier molecular flexibility index (Phi) is 2.50. The molecule has 1 aliphatic rings. The lowest BCUT2D eigenvalue weighted by atomic mass is 9.97. The molecule has 2 N–H and O–H groups in total. The van der Waals surface area contributed by atoms with Crippen molar-refractivity contribution in [2.24, 2.45) is 0 Å². The van der Waals surface area contributed by atoms with E-state index in [0.717, 1.165) is 6.54 Å². The summed E-state index contributed by atoms with van der Waals surface area (Å²) in [4.78, 5) is 0. The number of hydrogen-bond acceptors (Lipinski definition) is 2. The third kappa shape index (κ3) is 2.01. The van der Waals surface area contributed by atoms with Crippen LogP contribution in [-0.4, -0.2) is 11.7 Å². The van der Waals surface area contributed by atoms with Crippen molar-refractivity contribution >= 4 is 0 Å². The van der Waals surface area contributed by atoms with Gasteiger partial charge in [0.25, 0.3) is 0 Å². The van der Waals surface area contributed by atoms with Crippen molar-refractivity contribution in [3.05, 3.63) is 29.8 Å². The van der Waals surface area contributed by atoms with Gasteiger partial charge >= 0.3 is 0 Å². The van der Waals surface area contributed by atoms with Gasteiger partial charge in [-0.25, -0.2) is 0 Å². The molecule has 70 valence electrons. The van der Waals surface area contributed by atoms with Crippen LogP contribution >= 0.6 is 0 Å². The topological polar surface area (TPSA) is 32.3 Å². The van der Waals surface area contributed by atoms with E-state index in [1.54, 1.807) is 6.07 Å². The molecule has 0 bridgehead atoms. The maximum atomic E-state index is 9.32. The molecule has 0 saturated carbocycles. The normalized spacial score (nSPS) is 22.9. The van der Waals surface area contributed by atoms with E-state index in [-0.39, 0.29) is 0 Å². The molecule has 2 heteroatoms. The van der Waals surface area contributed by atoms with Crippen LogP contribution in [0.5, 0.6) is 5.75 Å². The Morgan fingerprint density at radius 3 is 2.92 bits per heavy atom. The first kappa shape index (κ1) is 8.57. The number of benzene rings is 1. The molecule has 0 unspecified atom stereocenters. The Balaban J connectivity index is 2.14. The summed E-state index contributed by atoms with van der Waals surface area (Å²) in [5.41, 5.74) is 1.21. The summed E-state index contributed by atoms with van der Waals surface area (Å²) in [6.45, 7) is 1.10. The molecule has 1 aliphatic heterocycles. The van der Waals surface area contributed by atoms with Gasteiger partial charge in [-0.3, -0.25) is 0 Å². The summed E-state index contributed by atoms with van der Waals surface area (Å²) in [6.07, 6.45) is 3.74. The molecule has 1 aromatic rings. The Bertz CT molecular complexity index is 279. The van der Waals surface area contributed by atoms with Crippen LogP contribution in [0.1, 0.15) is 30.9 Å². The second-order valence-corrected chi connectivity index (χ2v) is 3.60. The van der Waals surface area contributed by atoms with Crippen molar-refractivity contribution in [3.8, 4) is 5.75 Å². The molecule has 2 nitrogen and oxygen atoms in total. The molecule has 0 spiro atoms. The highest BCUT2D eigenvalue weighted by atomic mass is 16.3. The van der Waals surface area contributed by atoms with Gasteiger partial charge in [0.2, 0.25) is 0 Å². The zero-order valence-corrected chi connectivity index (χ0v) is 7.66. The van der Waals surface area contributed by atoms with Crippen LogP contribution in [0.2, 0.25) is 0 Å². The summed E-state index contributed by atoms with van der Waals surface area (Å²) < 4.78 is 0. The Labute approximate surface area is 78.6 Å². The van der Waals surface area contributed by atoms with Crippen molar-refractivity contribution in [3.63, 3.8) is 0 Å². The molecule has 1 heterocycles. The SMILES string of the molecule is Oc1cccc([C@@H]2CCCCN2)c1. The van der Waals surface area contributed by atoms with Crippen LogP contribution in [0.4, 0.5) is 0 Å². The largest absolute Gasteiger partial charge is 0.508 e. The summed E-state index contributed by atoms with van der Waals surface area (Å²) in [7, 11) is 0. The number of phenolic OH excluding ortho intramolecular Hbond substituents is 1. The van der Waals surface area contributed by atoms with Gasteiger partial charge in [-0.05, 0) is 37.1 Å². The van der Waals surface area contributed by atoms with Crippen LogP contribution in [0, 0.1) is 0 Å². The molecule has 13 heavy (non-hydrogen) atoms. The summed E-state index contributed by atoms with van der Waals surface area (Å²) in [6, 6.07) is 7.99. The maximum Gasteiger partial charge on any atom is 0.115 e. The van der Waals surface area contributed by atoms with Crippen LogP contribution in [0.3, 0.4) is 0 Å². The van der Waals surface area contributed by atoms with Gasteiger partial charge in [-0.1, -0.05) is 18.6 Å². The van der Waals surface area contributed by atoms with Gasteiger partial charge in [0.15, 0.2) is 0 Å². The predicted octanol–water partition coefficient (Wildman–Crippen LogP) is 2.21. The predicted molar refractivity (Wildman–Crippen MR) is 52.7 cm³/mol. The average Bonchev–Trinajstić information content (AvgIpc) is 2.19. The molecule has 1 aromatic carbocycles. The molecule has 2 rings (SSSR count). The first-order valence-corrected chi connectivity index (χ1v) is 4.88. The van der Waals surface area contributed by atoms with E-state index in [2.05, 4.69) is 11.4 Å². The van der Waals surface area contributed by atoms with E-state index in [4.69, 9.17) is 0 Å². The van der Waals surface area contributed by atoms with Gasteiger partial charge in [-0.15, -0.1) is 0 Å². The van der Waals surface area contributed by atoms with Crippen molar-refractivity contribution in [2.75, 3.05) is 6.54 Å². The third-order valence-corrected chi connectivity index (χ3v) is 2.58. The second-order valence-electron chi connectivity index (χ2n) is 3.60. The highest BCUT2D eigenvalue weighted by molar-refractivity contribution is 5.29. The number of nitrogens with one attached hydrogen (secondary N) is 1. The number of hydrogen-bond donors (Lipinski definition) is 2. The quantitative estimate of drug-likeness (QED) is 0.689. The van der Waals surface area contributed by atoms with Gasteiger partial charge < -0.3 is 10.4 Å². The first-order chi connectivity index (χ1) is 6.36. The van der Waals surface area contributed by atoms with E-state index in [1.807, 2.05) is 12.1 Å². The molecule has 1 atom stereocenters. The zero-order chi connectivity index (χ0) is 9.10. The van der Waals surface area contributed by atoms with E-state index < -0.39 is 0 Å². The van der Waals surface area contributed by atoms with E-state index >= 15 is 0 Å². The first-order valence-electron chi connectivity index (χ1n) is 4.88. The Hall–Kier alpha value is -1.02. The molecular weight excluding hydrogens is 162 g/mol. The van der Waals surface area contributed by atoms with Crippen molar-refractivity contribution < 1.29 is 5.11 Å². The summed E-state index contributed by atoms with van der Waals surface area (Å²) >= 11 is 0. The summed E-state index contributed by atoms with van der Waals surface area (Å²) in [5, 5.41) is 12.8. The molecule has 0 aromatic heterocycles. The molecule has 0 aliphatic carbocycles. The van der Waals surface area contributed by atoms with Gasteiger partial charge in [0.05, 0.1) is 0 Å². The van der Waals surface area contributed by atoms with Crippen LogP contribution < -0.4 is 5.32 Å². The van der Waals surface area contributed by atoms with Crippen LogP contribution in [0.15, 0.2) is 24.3 Å². The minimum Gasteiger partial charge on any atom is -0.508 e. The highest BCUT2D eigenvalue weighted by Crippen LogP contribution is 2.24. The molecule has 0 amide bonds. The number of piperidine rings is 1. The number of phenols is 1. The smallest absolute Gasteiger partial charge is 0.115 e. The lowest BCUT2D eigenvalue weighted by Crippen LogP contribution is -2.26. The van der Waals surface area contributed by atoms with Crippen molar-refractivity contribution in [1.82, 2.24) is 5.32 Å². The van der Waals surface area contributed by atoms with Gasteiger partial charge in [0, 0.05) is 6.04 Å². The fourth-order valence-electron chi connectivity index (χ4n) is 1.88. The Morgan fingerprint density at radius 2 is 2.23 bits per heavy atom. The third-order valence-electron chi connectivity index (χ3n) is 2.58. The molecule has 1 fully saturated rings. The number of aromatic hydroxyl groups is 1. The van der Waals surface area contributed by atoms with Crippen LogP contribution in [0.25, 0.3) is 0 Å². The van der Waals surface area contributed by atoms with Crippen LogP contribution in [-0.2, 0) is 0 Å². The maximum absolute atomic E-state index is 9.32. The van der Waals surface area contributed by atoms with E-state index in [9.17, 15) is 5.11 Å². The minimum absolute atomic E-state index is 0.366. The zero-order valence-electron chi connectivity index (χ0n) is 7.66. The van der Waals surface area contributed by atoms with Gasteiger partial charge in [-0.2, -0.15) is 0 Å². The molecule has 0 radical (unpaired) electrons. The fraction of sp³-hybridized carbons (Fsp3) is 0.455. The number of rotatable bonds is 1. The van der Waals surface area contributed by atoms with Crippen molar-refractivity contribution in [1.29, 1.82) is 0 Å². The minimum atomic E-state index is 0.366. The van der Waals surface area contributed by atoms with E-state index in [1.165, 1.54) is 24.8 Å². The van der Waals surface area contributed by atoms with E-state index in [0.29, 0.717) is 11.8 Å².